The molecule has 1 aromatic carbocycles. The highest BCUT2D eigenvalue weighted by atomic mass is 15.1. The number of pyridine rings is 1. The summed E-state index contributed by atoms with van der Waals surface area (Å²) in [5.74, 6) is 0. The lowest BCUT2D eigenvalue weighted by Gasteiger charge is -2.02. The maximum Gasteiger partial charge on any atom is 0.0406 e. The van der Waals surface area contributed by atoms with E-state index in [2.05, 4.69) is 15.0 Å². The molecule has 1 aromatic heterocycles. The summed E-state index contributed by atoms with van der Waals surface area (Å²) < 4.78 is 0. The quantitative estimate of drug-likeness (QED) is 0.442. The van der Waals surface area contributed by atoms with Gasteiger partial charge in [0.25, 0.3) is 0 Å². The molecule has 0 spiro atoms. The second-order valence-corrected chi connectivity index (χ2v) is 3.68. The Labute approximate surface area is 99.6 Å². The van der Waals surface area contributed by atoms with E-state index in [0.717, 1.165) is 24.1 Å². The monoisotopic (exact) mass is 224 g/mol. The molecule has 4 nitrogen and oxygen atoms in total. The fourth-order valence-electron chi connectivity index (χ4n) is 1.64. The molecule has 4 heteroatoms. The van der Waals surface area contributed by atoms with Gasteiger partial charge in [0.1, 0.15) is 0 Å². The highest BCUT2D eigenvalue weighted by Crippen LogP contribution is 2.15. The Hall–Kier alpha value is -2.32. The highest BCUT2D eigenvalue weighted by Gasteiger charge is 1.97. The average molecular weight is 224 g/mol. The lowest BCUT2D eigenvalue weighted by atomic mass is 10.1. The van der Waals surface area contributed by atoms with Gasteiger partial charge >= 0.3 is 0 Å². The van der Waals surface area contributed by atoms with Crippen LogP contribution >= 0.6 is 0 Å². The van der Waals surface area contributed by atoms with Crippen molar-refractivity contribution >= 4 is 5.69 Å². The number of hydrogen-bond acceptors (Lipinski definition) is 2. The number of aromatic nitrogens is 1. The van der Waals surface area contributed by atoms with Crippen LogP contribution in [0, 0.1) is 0 Å². The SMILES string of the molecule is [N-]=[N+]=Nc1cccc(CCc2ccccn2)c1. The first-order chi connectivity index (χ1) is 8.38. The van der Waals surface area contributed by atoms with E-state index in [0.29, 0.717) is 5.69 Å². The van der Waals surface area contributed by atoms with Crippen LogP contribution in [0.15, 0.2) is 53.8 Å². The van der Waals surface area contributed by atoms with Gasteiger partial charge in [-0.1, -0.05) is 29.4 Å². The molecule has 84 valence electrons. The summed E-state index contributed by atoms with van der Waals surface area (Å²) in [6.45, 7) is 0. The predicted molar refractivity (Wildman–Crippen MR) is 66.9 cm³/mol. The number of nitrogens with zero attached hydrogens (tertiary/aromatic N) is 4. The first-order valence-electron chi connectivity index (χ1n) is 5.42. The Morgan fingerprint density at radius 1 is 1.12 bits per heavy atom. The first-order valence-corrected chi connectivity index (χ1v) is 5.42. The minimum absolute atomic E-state index is 0.658. The lowest BCUT2D eigenvalue weighted by molar-refractivity contribution is 0.914. The number of azide groups is 1. The molecule has 0 aliphatic heterocycles. The van der Waals surface area contributed by atoms with E-state index >= 15 is 0 Å². The van der Waals surface area contributed by atoms with Gasteiger partial charge in [-0.05, 0) is 42.1 Å². The van der Waals surface area contributed by atoms with Crippen LogP contribution in [0.4, 0.5) is 5.69 Å². The van der Waals surface area contributed by atoms with E-state index in [1.165, 1.54) is 0 Å². The minimum atomic E-state index is 0.658. The Kier molecular flexibility index (Phi) is 3.73. The van der Waals surface area contributed by atoms with Gasteiger partial charge in [-0.2, -0.15) is 0 Å². The van der Waals surface area contributed by atoms with Crippen LogP contribution < -0.4 is 0 Å². The number of hydrogen-bond donors (Lipinski definition) is 0. The summed E-state index contributed by atoms with van der Waals surface area (Å²) in [7, 11) is 0. The van der Waals surface area contributed by atoms with Crippen molar-refractivity contribution < 1.29 is 0 Å². The van der Waals surface area contributed by atoms with Crippen LogP contribution in [-0.4, -0.2) is 4.98 Å². The smallest absolute Gasteiger partial charge is 0.0406 e. The molecule has 0 fully saturated rings. The third-order valence-corrected chi connectivity index (χ3v) is 2.47. The fraction of sp³-hybridized carbons (Fsp3) is 0.154. The van der Waals surface area contributed by atoms with E-state index in [9.17, 15) is 0 Å². The average Bonchev–Trinajstić information content (AvgIpc) is 2.39. The van der Waals surface area contributed by atoms with Crippen molar-refractivity contribution in [1.82, 2.24) is 4.98 Å². The molecule has 0 saturated carbocycles. The zero-order valence-corrected chi connectivity index (χ0v) is 9.32. The molecule has 0 unspecified atom stereocenters. The van der Waals surface area contributed by atoms with Crippen molar-refractivity contribution in [2.24, 2.45) is 5.11 Å². The van der Waals surface area contributed by atoms with Gasteiger partial charge in [-0.3, -0.25) is 4.98 Å². The van der Waals surface area contributed by atoms with Crippen molar-refractivity contribution in [3.05, 3.63) is 70.4 Å². The van der Waals surface area contributed by atoms with Crippen molar-refractivity contribution in [2.45, 2.75) is 12.8 Å². The summed E-state index contributed by atoms with van der Waals surface area (Å²) in [6.07, 6.45) is 3.58. The zero-order chi connectivity index (χ0) is 11.9. The molecule has 17 heavy (non-hydrogen) atoms. The third-order valence-electron chi connectivity index (χ3n) is 2.47. The van der Waals surface area contributed by atoms with E-state index in [1.807, 2.05) is 36.4 Å². The Bertz CT molecular complexity index is 530. The van der Waals surface area contributed by atoms with Crippen molar-refractivity contribution in [1.29, 1.82) is 0 Å². The third kappa shape index (κ3) is 3.33. The molecular weight excluding hydrogens is 212 g/mol. The largest absolute Gasteiger partial charge is 0.261 e. The normalized spacial score (nSPS) is 9.65. The van der Waals surface area contributed by atoms with Crippen LogP contribution in [0.25, 0.3) is 10.4 Å². The Morgan fingerprint density at radius 3 is 2.82 bits per heavy atom. The molecular formula is C13H12N4. The maximum atomic E-state index is 8.37. The van der Waals surface area contributed by atoms with Gasteiger partial charge in [0.15, 0.2) is 0 Å². The summed E-state index contributed by atoms with van der Waals surface area (Å²) in [6, 6.07) is 13.5. The van der Waals surface area contributed by atoms with E-state index < -0.39 is 0 Å². The molecule has 0 radical (unpaired) electrons. The molecule has 0 aliphatic rings. The highest BCUT2D eigenvalue weighted by molar-refractivity contribution is 5.40. The lowest BCUT2D eigenvalue weighted by Crippen LogP contribution is -1.93. The molecule has 0 bridgehead atoms. The van der Waals surface area contributed by atoms with Gasteiger partial charge in [-0.15, -0.1) is 0 Å². The molecule has 0 atom stereocenters. The first kappa shape index (κ1) is 11.2. The second-order valence-electron chi connectivity index (χ2n) is 3.68. The van der Waals surface area contributed by atoms with Crippen LogP contribution in [0.3, 0.4) is 0 Å². The van der Waals surface area contributed by atoms with Gasteiger partial charge in [0.2, 0.25) is 0 Å². The number of rotatable bonds is 4. The second kappa shape index (κ2) is 5.68. The van der Waals surface area contributed by atoms with E-state index in [4.69, 9.17) is 5.53 Å². The van der Waals surface area contributed by atoms with Crippen molar-refractivity contribution in [3.8, 4) is 0 Å². The standard InChI is InChI=1S/C13H12N4/c14-17-16-13-6-3-4-11(10-13)7-8-12-5-1-2-9-15-12/h1-6,9-10H,7-8H2. The molecule has 2 rings (SSSR count). The number of aryl methyl sites for hydroxylation is 2. The van der Waals surface area contributed by atoms with Crippen molar-refractivity contribution in [2.75, 3.05) is 0 Å². The van der Waals surface area contributed by atoms with E-state index in [1.54, 1.807) is 12.3 Å². The van der Waals surface area contributed by atoms with Gasteiger partial charge in [0.05, 0.1) is 0 Å². The fourth-order valence-corrected chi connectivity index (χ4v) is 1.64. The van der Waals surface area contributed by atoms with Crippen LogP contribution in [0.1, 0.15) is 11.3 Å². The molecule has 0 saturated heterocycles. The van der Waals surface area contributed by atoms with Gasteiger partial charge in [-0.25, -0.2) is 0 Å². The number of benzene rings is 1. The Morgan fingerprint density at radius 2 is 2.06 bits per heavy atom. The zero-order valence-electron chi connectivity index (χ0n) is 9.32. The summed E-state index contributed by atoms with van der Waals surface area (Å²) in [4.78, 5) is 7.05. The topological polar surface area (TPSA) is 61.7 Å². The molecule has 0 amide bonds. The minimum Gasteiger partial charge on any atom is -0.261 e. The Balaban J connectivity index is 2.04. The van der Waals surface area contributed by atoms with Crippen LogP contribution in [0.5, 0.6) is 0 Å². The molecule has 0 N–H and O–H groups in total. The molecule has 1 heterocycles. The van der Waals surface area contributed by atoms with Crippen LogP contribution in [-0.2, 0) is 12.8 Å². The summed E-state index contributed by atoms with van der Waals surface area (Å²) >= 11 is 0. The van der Waals surface area contributed by atoms with Gasteiger partial charge < -0.3 is 0 Å². The summed E-state index contributed by atoms with van der Waals surface area (Å²) in [5, 5.41) is 3.59. The van der Waals surface area contributed by atoms with Crippen molar-refractivity contribution in [3.63, 3.8) is 0 Å². The van der Waals surface area contributed by atoms with E-state index in [-0.39, 0.29) is 0 Å². The predicted octanol–water partition coefficient (Wildman–Crippen LogP) is 3.81. The maximum absolute atomic E-state index is 8.37. The van der Waals surface area contributed by atoms with Gasteiger partial charge in [0, 0.05) is 22.5 Å². The molecule has 2 aromatic rings. The summed E-state index contributed by atoms with van der Waals surface area (Å²) in [5.41, 5.74) is 11.2. The molecule has 0 aliphatic carbocycles. The van der Waals surface area contributed by atoms with Crippen LogP contribution in [0.2, 0.25) is 0 Å².